The number of hydrogen-bond acceptors (Lipinski definition) is 2. The zero-order valence-electron chi connectivity index (χ0n) is 8.38. The minimum Gasteiger partial charge on any atom is -0.339 e. The van der Waals surface area contributed by atoms with E-state index in [4.69, 9.17) is 11.4 Å². The largest absolute Gasteiger partial charge is 0.339 e. The van der Waals surface area contributed by atoms with Crippen molar-refractivity contribution in [2.75, 3.05) is 5.84 Å². The van der Waals surface area contributed by atoms with E-state index in [2.05, 4.69) is 16.1 Å². The molecule has 76 valence electrons. The Labute approximate surface area is 86.7 Å². The molecular formula is C10H11N5. The van der Waals surface area contributed by atoms with Crippen molar-refractivity contribution in [3.8, 4) is 0 Å². The summed E-state index contributed by atoms with van der Waals surface area (Å²) in [4.78, 5) is 2.72. The van der Waals surface area contributed by atoms with Crippen LogP contribution in [0.15, 0.2) is 29.4 Å². The van der Waals surface area contributed by atoms with Gasteiger partial charge in [-0.1, -0.05) is 16.7 Å². The van der Waals surface area contributed by atoms with Crippen molar-refractivity contribution in [2.45, 2.75) is 13.5 Å². The fraction of sp³-hybridized carbons (Fsp3) is 0.200. The standard InChI is InChI=1S/C10H11N5/c1-7-2-3-10-8(4-7)5-9(15(10)12)6-13-14-11/h2-5H,6,12H2,1H3. The van der Waals surface area contributed by atoms with Crippen LogP contribution in [0.25, 0.3) is 21.3 Å². The molecule has 0 atom stereocenters. The summed E-state index contributed by atoms with van der Waals surface area (Å²) in [6.07, 6.45) is 0. The first-order valence-electron chi connectivity index (χ1n) is 4.59. The molecule has 0 aliphatic heterocycles. The van der Waals surface area contributed by atoms with E-state index in [0.717, 1.165) is 16.6 Å². The number of azide groups is 1. The lowest BCUT2D eigenvalue weighted by molar-refractivity contribution is 0.893. The second kappa shape index (κ2) is 3.55. The number of aromatic nitrogens is 1. The molecule has 2 aromatic rings. The number of nitrogens with zero attached hydrogens (tertiary/aromatic N) is 4. The highest BCUT2D eigenvalue weighted by molar-refractivity contribution is 5.82. The lowest BCUT2D eigenvalue weighted by Gasteiger charge is -2.00. The lowest BCUT2D eigenvalue weighted by atomic mass is 10.2. The number of rotatable bonds is 2. The van der Waals surface area contributed by atoms with Crippen LogP contribution in [0.2, 0.25) is 0 Å². The molecule has 5 heteroatoms. The van der Waals surface area contributed by atoms with Gasteiger partial charge >= 0.3 is 0 Å². The molecule has 0 saturated heterocycles. The molecule has 1 heterocycles. The van der Waals surface area contributed by atoms with E-state index in [0.29, 0.717) is 0 Å². The maximum Gasteiger partial charge on any atom is 0.0693 e. The Morgan fingerprint density at radius 3 is 3.00 bits per heavy atom. The van der Waals surface area contributed by atoms with Crippen LogP contribution in [-0.4, -0.2) is 4.68 Å². The van der Waals surface area contributed by atoms with Crippen molar-refractivity contribution < 1.29 is 0 Å². The molecular weight excluding hydrogens is 190 g/mol. The van der Waals surface area contributed by atoms with Crippen LogP contribution in [0, 0.1) is 6.92 Å². The quantitative estimate of drug-likeness (QED) is 0.344. The predicted molar refractivity (Wildman–Crippen MR) is 59.7 cm³/mol. The van der Waals surface area contributed by atoms with Crippen molar-refractivity contribution in [1.82, 2.24) is 4.68 Å². The predicted octanol–water partition coefficient (Wildman–Crippen LogP) is 2.47. The molecule has 0 bridgehead atoms. The number of fused-ring (bicyclic) bond motifs is 1. The van der Waals surface area contributed by atoms with E-state index >= 15 is 0 Å². The van der Waals surface area contributed by atoms with Crippen LogP contribution in [0.4, 0.5) is 0 Å². The number of aryl methyl sites for hydroxylation is 1. The molecule has 0 fully saturated rings. The van der Waals surface area contributed by atoms with E-state index in [1.807, 2.05) is 25.1 Å². The summed E-state index contributed by atoms with van der Waals surface area (Å²) in [6.45, 7) is 2.31. The smallest absolute Gasteiger partial charge is 0.0693 e. The molecule has 1 aromatic heterocycles. The van der Waals surface area contributed by atoms with Crippen LogP contribution in [0.5, 0.6) is 0 Å². The van der Waals surface area contributed by atoms with Crippen LogP contribution >= 0.6 is 0 Å². The highest BCUT2D eigenvalue weighted by Gasteiger charge is 2.04. The SMILES string of the molecule is Cc1ccc2c(c1)cc(CN=[N+]=[N-])n2N. The number of nitrogen functional groups attached to an aromatic ring is 1. The summed E-state index contributed by atoms with van der Waals surface area (Å²) in [7, 11) is 0. The summed E-state index contributed by atoms with van der Waals surface area (Å²) in [6, 6.07) is 7.96. The van der Waals surface area contributed by atoms with Crippen LogP contribution < -0.4 is 5.84 Å². The monoisotopic (exact) mass is 201 g/mol. The highest BCUT2D eigenvalue weighted by Crippen LogP contribution is 2.19. The van der Waals surface area contributed by atoms with Crippen LogP contribution in [-0.2, 0) is 6.54 Å². The molecule has 1 aromatic carbocycles. The van der Waals surface area contributed by atoms with Gasteiger partial charge in [0.15, 0.2) is 0 Å². The zero-order chi connectivity index (χ0) is 10.8. The zero-order valence-corrected chi connectivity index (χ0v) is 8.38. The first-order chi connectivity index (χ1) is 7.22. The molecule has 0 saturated carbocycles. The fourth-order valence-corrected chi connectivity index (χ4v) is 1.64. The maximum atomic E-state index is 8.25. The number of benzene rings is 1. The van der Waals surface area contributed by atoms with Crippen LogP contribution in [0.3, 0.4) is 0 Å². The average Bonchev–Trinajstić information content (AvgIpc) is 2.52. The molecule has 0 aliphatic rings. The molecule has 0 aliphatic carbocycles. The summed E-state index contributed by atoms with van der Waals surface area (Å²) in [5.74, 6) is 5.86. The van der Waals surface area contributed by atoms with E-state index in [-0.39, 0.29) is 6.54 Å². The van der Waals surface area contributed by atoms with Crippen molar-refractivity contribution in [2.24, 2.45) is 5.11 Å². The molecule has 0 amide bonds. The van der Waals surface area contributed by atoms with E-state index < -0.39 is 0 Å². The topological polar surface area (TPSA) is 79.7 Å². The van der Waals surface area contributed by atoms with Gasteiger partial charge in [0, 0.05) is 16.0 Å². The Morgan fingerprint density at radius 1 is 1.47 bits per heavy atom. The van der Waals surface area contributed by atoms with Gasteiger partial charge in [-0.25, -0.2) is 0 Å². The van der Waals surface area contributed by atoms with Gasteiger partial charge in [0.1, 0.15) is 0 Å². The van der Waals surface area contributed by atoms with Gasteiger partial charge in [-0.2, -0.15) is 0 Å². The Balaban J connectivity index is 2.58. The summed E-state index contributed by atoms with van der Waals surface area (Å²) in [5, 5.41) is 4.57. The molecule has 0 spiro atoms. The fourth-order valence-electron chi connectivity index (χ4n) is 1.64. The second-order valence-corrected chi connectivity index (χ2v) is 3.46. The van der Waals surface area contributed by atoms with Crippen molar-refractivity contribution in [3.05, 3.63) is 46.0 Å². The normalized spacial score (nSPS) is 10.2. The lowest BCUT2D eigenvalue weighted by Crippen LogP contribution is -2.10. The summed E-state index contributed by atoms with van der Waals surface area (Å²) < 4.78 is 1.56. The first-order valence-corrected chi connectivity index (χ1v) is 4.59. The molecule has 2 rings (SSSR count). The number of hydrogen-bond donors (Lipinski definition) is 1. The Kier molecular flexibility index (Phi) is 2.23. The van der Waals surface area contributed by atoms with Crippen LogP contribution in [0.1, 0.15) is 11.3 Å². The minimum atomic E-state index is 0.278. The maximum absolute atomic E-state index is 8.25. The summed E-state index contributed by atoms with van der Waals surface area (Å²) >= 11 is 0. The third kappa shape index (κ3) is 1.60. The van der Waals surface area contributed by atoms with E-state index in [1.54, 1.807) is 4.68 Å². The minimum absolute atomic E-state index is 0.278. The number of nitrogens with two attached hydrogens (primary N) is 1. The third-order valence-electron chi connectivity index (χ3n) is 2.37. The van der Waals surface area contributed by atoms with Gasteiger partial charge in [0.25, 0.3) is 0 Å². The molecule has 0 unspecified atom stereocenters. The van der Waals surface area contributed by atoms with E-state index in [1.165, 1.54) is 5.56 Å². The Hall–Kier alpha value is -2.13. The average molecular weight is 201 g/mol. The molecule has 0 radical (unpaired) electrons. The molecule has 15 heavy (non-hydrogen) atoms. The van der Waals surface area contributed by atoms with Gasteiger partial charge in [-0.15, -0.1) is 0 Å². The van der Waals surface area contributed by atoms with Gasteiger partial charge < -0.3 is 5.84 Å². The van der Waals surface area contributed by atoms with Gasteiger partial charge in [0.05, 0.1) is 12.1 Å². The van der Waals surface area contributed by atoms with Gasteiger partial charge in [-0.3, -0.25) is 4.68 Å². The Morgan fingerprint density at radius 2 is 2.27 bits per heavy atom. The third-order valence-corrected chi connectivity index (χ3v) is 2.37. The molecule has 2 N–H and O–H groups in total. The van der Waals surface area contributed by atoms with Crippen molar-refractivity contribution in [1.29, 1.82) is 0 Å². The van der Waals surface area contributed by atoms with Crippen molar-refractivity contribution in [3.63, 3.8) is 0 Å². The van der Waals surface area contributed by atoms with Gasteiger partial charge in [0.2, 0.25) is 0 Å². The summed E-state index contributed by atoms with van der Waals surface area (Å²) in [5.41, 5.74) is 11.2. The molecule has 5 nitrogen and oxygen atoms in total. The van der Waals surface area contributed by atoms with Crippen molar-refractivity contribution >= 4 is 10.9 Å². The first kappa shape index (κ1) is 9.43. The highest BCUT2D eigenvalue weighted by atomic mass is 15.3. The van der Waals surface area contributed by atoms with Gasteiger partial charge in [-0.05, 0) is 30.7 Å². The Bertz CT molecular complexity index is 548. The second-order valence-electron chi connectivity index (χ2n) is 3.46. The van der Waals surface area contributed by atoms with E-state index in [9.17, 15) is 0 Å².